The summed E-state index contributed by atoms with van der Waals surface area (Å²) in [6, 6.07) is 2.36. The lowest BCUT2D eigenvalue weighted by Gasteiger charge is -2.25. The summed E-state index contributed by atoms with van der Waals surface area (Å²) < 4.78 is 63.2. The number of nitrogens with one attached hydrogen (secondary N) is 2. The van der Waals surface area contributed by atoms with Crippen LogP contribution in [0.3, 0.4) is 0 Å². The number of hydrogen-bond acceptors (Lipinski definition) is 8. The zero-order chi connectivity index (χ0) is 17.4. The number of anilines is 1. The number of allylic oxidation sites excluding steroid dienone is 1. The molecule has 0 atom stereocenters. The number of hydrogen-bond donors (Lipinski definition) is 4. The average Bonchev–Trinajstić information content (AvgIpc) is 2.34. The summed E-state index contributed by atoms with van der Waals surface area (Å²) in [6.45, 7) is 0. The van der Waals surface area contributed by atoms with Crippen LogP contribution < -0.4 is 10.9 Å². The van der Waals surface area contributed by atoms with Gasteiger partial charge in [0, 0.05) is 6.08 Å². The third-order valence-electron chi connectivity index (χ3n) is 2.41. The Bertz CT molecular complexity index is 912. The molecular formula is C9H8Cl2N4O6S2. The number of hydrazone groups is 1. The van der Waals surface area contributed by atoms with E-state index >= 15 is 0 Å². The summed E-state index contributed by atoms with van der Waals surface area (Å²) in [5.41, 5.74) is 4.35. The second kappa shape index (κ2) is 6.14. The van der Waals surface area contributed by atoms with Gasteiger partial charge in [0.05, 0.1) is 10.6 Å². The third-order valence-corrected chi connectivity index (χ3v) is 4.55. The monoisotopic (exact) mass is 402 g/mol. The normalized spacial score (nSPS) is 15.6. The SMILES string of the molecule is O=S(=O)(O)c1ccc(S(=O)(=O)O)c(NN2N=C(Cl)C=C(Cl)N2)c1. The van der Waals surface area contributed by atoms with E-state index in [9.17, 15) is 21.4 Å². The summed E-state index contributed by atoms with van der Waals surface area (Å²) >= 11 is 11.4. The van der Waals surface area contributed by atoms with Crippen molar-refractivity contribution in [3.8, 4) is 0 Å². The van der Waals surface area contributed by atoms with Crippen LogP contribution in [0.2, 0.25) is 0 Å². The smallest absolute Gasteiger partial charge is 0.282 e. The second-order valence-electron chi connectivity index (χ2n) is 4.06. The molecule has 0 saturated heterocycles. The molecule has 0 saturated carbocycles. The van der Waals surface area contributed by atoms with Crippen LogP contribution in [-0.4, -0.2) is 36.3 Å². The number of nitrogens with zero attached hydrogens (tertiary/aromatic N) is 2. The van der Waals surface area contributed by atoms with Gasteiger partial charge in [-0.3, -0.25) is 20.0 Å². The molecule has 126 valence electrons. The lowest BCUT2D eigenvalue weighted by atomic mass is 10.3. The van der Waals surface area contributed by atoms with E-state index in [4.69, 9.17) is 27.8 Å². The topological polar surface area (TPSA) is 148 Å². The maximum Gasteiger partial charge on any atom is 0.296 e. The lowest BCUT2D eigenvalue weighted by Crippen LogP contribution is -2.39. The Morgan fingerprint density at radius 2 is 1.78 bits per heavy atom. The first-order valence-corrected chi connectivity index (χ1v) is 9.14. The van der Waals surface area contributed by atoms with Crippen molar-refractivity contribution in [3.05, 3.63) is 29.4 Å². The quantitative estimate of drug-likeness (QED) is 0.426. The largest absolute Gasteiger partial charge is 0.296 e. The first-order valence-electron chi connectivity index (χ1n) is 5.50. The molecule has 1 aliphatic rings. The van der Waals surface area contributed by atoms with Gasteiger partial charge < -0.3 is 0 Å². The molecule has 0 fully saturated rings. The molecule has 4 N–H and O–H groups in total. The Morgan fingerprint density at radius 1 is 1.13 bits per heavy atom. The van der Waals surface area contributed by atoms with Crippen LogP contribution in [0, 0.1) is 0 Å². The molecule has 14 heteroatoms. The highest BCUT2D eigenvalue weighted by atomic mass is 35.5. The van der Waals surface area contributed by atoms with Gasteiger partial charge in [-0.2, -0.15) is 16.8 Å². The number of benzene rings is 1. The van der Waals surface area contributed by atoms with Crippen molar-refractivity contribution < 1.29 is 25.9 Å². The maximum absolute atomic E-state index is 11.4. The van der Waals surface area contributed by atoms with Crippen molar-refractivity contribution in [2.45, 2.75) is 9.79 Å². The van der Waals surface area contributed by atoms with Crippen LogP contribution >= 0.6 is 23.2 Å². The van der Waals surface area contributed by atoms with E-state index in [1.165, 1.54) is 6.08 Å². The Labute approximate surface area is 140 Å². The predicted octanol–water partition coefficient (Wildman–Crippen LogP) is 0.960. The van der Waals surface area contributed by atoms with Crippen molar-refractivity contribution in [2.24, 2.45) is 5.10 Å². The standard InChI is InChI=1S/C9H8Cl2N4O6S2/c10-8-4-9(11)14-15(13-8)12-6-3-5(22(16,17)18)1-2-7(6)23(19,20)21/h1-4,12-13H,(H,16,17,18)(H,19,20,21). The van der Waals surface area contributed by atoms with E-state index in [0.717, 1.165) is 23.4 Å². The van der Waals surface area contributed by atoms with Crippen LogP contribution in [0.5, 0.6) is 0 Å². The Morgan fingerprint density at radius 3 is 2.30 bits per heavy atom. The van der Waals surface area contributed by atoms with E-state index in [1.54, 1.807) is 0 Å². The molecule has 0 bridgehead atoms. The average molecular weight is 403 g/mol. The Kier molecular flexibility index (Phi) is 4.75. The van der Waals surface area contributed by atoms with E-state index in [-0.39, 0.29) is 10.3 Å². The highest BCUT2D eigenvalue weighted by Gasteiger charge is 2.22. The predicted molar refractivity (Wildman–Crippen MR) is 81.9 cm³/mol. The molecule has 1 aromatic rings. The molecule has 0 spiro atoms. The van der Waals surface area contributed by atoms with Gasteiger partial charge in [-0.25, -0.2) is 0 Å². The highest BCUT2D eigenvalue weighted by molar-refractivity contribution is 7.86. The van der Waals surface area contributed by atoms with Gasteiger partial charge in [-0.1, -0.05) is 23.2 Å². The van der Waals surface area contributed by atoms with E-state index < -0.39 is 35.7 Å². The van der Waals surface area contributed by atoms with E-state index in [1.807, 2.05) is 0 Å². The minimum atomic E-state index is -4.70. The van der Waals surface area contributed by atoms with Gasteiger partial charge in [-0.05, 0) is 18.2 Å². The Balaban J connectivity index is 2.49. The Hall–Kier alpha value is -1.57. The third kappa shape index (κ3) is 4.46. The molecule has 1 heterocycles. The van der Waals surface area contributed by atoms with Gasteiger partial charge in [0.2, 0.25) is 0 Å². The van der Waals surface area contributed by atoms with E-state index in [0.29, 0.717) is 0 Å². The molecular weight excluding hydrogens is 395 g/mol. The van der Waals surface area contributed by atoms with Crippen molar-refractivity contribution in [1.82, 2.24) is 10.7 Å². The fourth-order valence-electron chi connectivity index (χ4n) is 1.54. The summed E-state index contributed by atoms with van der Waals surface area (Å²) in [7, 11) is -9.30. The van der Waals surface area contributed by atoms with Crippen LogP contribution in [-0.2, 0) is 20.2 Å². The number of rotatable bonds is 4. The van der Waals surface area contributed by atoms with Gasteiger partial charge >= 0.3 is 0 Å². The number of halogens is 2. The van der Waals surface area contributed by atoms with Gasteiger partial charge in [0.1, 0.15) is 10.1 Å². The molecule has 10 nitrogen and oxygen atoms in total. The minimum Gasteiger partial charge on any atom is -0.282 e. The first-order chi connectivity index (χ1) is 10.5. The maximum atomic E-state index is 11.4. The van der Waals surface area contributed by atoms with Gasteiger partial charge in [0.25, 0.3) is 20.2 Å². The molecule has 0 amide bonds. The second-order valence-corrected chi connectivity index (χ2v) is 7.66. The van der Waals surface area contributed by atoms with Crippen molar-refractivity contribution in [3.63, 3.8) is 0 Å². The van der Waals surface area contributed by atoms with Crippen molar-refractivity contribution in [2.75, 3.05) is 5.43 Å². The van der Waals surface area contributed by atoms with Crippen molar-refractivity contribution in [1.29, 1.82) is 0 Å². The van der Waals surface area contributed by atoms with Crippen molar-refractivity contribution >= 4 is 54.3 Å². The molecule has 23 heavy (non-hydrogen) atoms. The fourth-order valence-corrected chi connectivity index (χ4v) is 3.09. The van der Waals surface area contributed by atoms with Crippen LogP contribution in [0.25, 0.3) is 0 Å². The minimum absolute atomic E-state index is 0.0249. The van der Waals surface area contributed by atoms with Crippen LogP contribution in [0.1, 0.15) is 0 Å². The first kappa shape index (κ1) is 17.8. The highest BCUT2D eigenvalue weighted by Crippen LogP contribution is 2.26. The van der Waals surface area contributed by atoms with Crippen LogP contribution in [0.15, 0.2) is 44.3 Å². The number of hydrazine groups is 2. The van der Waals surface area contributed by atoms with Gasteiger partial charge in [0.15, 0.2) is 5.17 Å². The molecule has 0 aromatic heterocycles. The lowest BCUT2D eigenvalue weighted by molar-refractivity contribution is 0.279. The summed E-state index contributed by atoms with van der Waals surface area (Å²) in [5.74, 6) is 0. The summed E-state index contributed by atoms with van der Waals surface area (Å²) in [6.07, 6.45) is 1.25. The molecule has 1 aromatic carbocycles. The molecule has 0 unspecified atom stereocenters. The van der Waals surface area contributed by atoms with Gasteiger partial charge in [-0.15, -0.1) is 10.3 Å². The molecule has 2 rings (SSSR count). The summed E-state index contributed by atoms with van der Waals surface area (Å²) in [5, 5.41) is 4.42. The molecule has 0 aliphatic carbocycles. The van der Waals surface area contributed by atoms with E-state index in [2.05, 4.69) is 16.0 Å². The zero-order valence-corrected chi connectivity index (χ0v) is 13.9. The molecule has 1 aliphatic heterocycles. The zero-order valence-electron chi connectivity index (χ0n) is 10.8. The molecule has 0 radical (unpaired) electrons. The van der Waals surface area contributed by atoms with Crippen LogP contribution in [0.4, 0.5) is 5.69 Å². The summed E-state index contributed by atoms with van der Waals surface area (Å²) in [4.78, 5) is -1.27. The fraction of sp³-hybridized carbons (Fsp3) is 0.